The molecule has 2 amide bonds. The molecule has 176 valence electrons. The second-order valence-corrected chi connectivity index (χ2v) is 10.7. The van der Waals surface area contributed by atoms with Gasteiger partial charge in [-0.1, -0.05) is 59.7 Å². The minimum Gasteiger partial charge on any atom is -0.481 e. The molecule has 9 heteroatoms. The first-order chi connectivity index (χ1) is 16.4. The van der Waals surface area contributed by atoms with Gasteiger partial charge in [0, 0.05) is 16.4 Å². The number of carbonyl (C=O) groups excluding carboxylic acids is 2. The van der Waals surface area contributed by atoms with Crippen molar-refractivity contribution in [2.24, 2.45) is 5.92 Å². The Morgan fingerprint density at radius 3 is 2.53 bits per heavy atom. The van der Waals surface area contributed by atoms with Crippen LogP contribution in [-0.4, -0.2) is 27.9 Å². The minimum atomic E-state index is -0.863. The van der Waals surface area contributed by atoms with Gasteiger partial charge in [0.25, 0.3) is 0 Å². The lowest BCUT2D eigenvalue weighted by molar-refractivity contribution is -0.136. The van der Waals surface area contributed by atoms with E-state index in [-0.39, 0.29) is 18.1 Å². The topological polar surface area (TPSA) is 108 Å². The van der Waals surface area contributed by atoms with E-state index in [9.17, 15) is 14.4 Å². The molecule has 0 saturated heterocycles. The first-order valence-corrected chi connectivity index (χ1v) is 12.7. The van der Waals surface area contributed by atoms with Crippen LogP contribution in [0.5, 0.6) is 0 Å². The summed E-state index contributed by atoms with van der Waals surface area (Å²) in [5.41, 5.74) is 2.78. The summed E-state index contributed by atoms with van der Waals surface area (Å²) in [6.45, 7) is 1.93. The number of thiazole rings is 1. The van der Waals surface area contributed by atoms with Gasteiger partial charge in [-0.15, -0.1) is 0 Å². The van der Waals surface area contributed by atoms with Gasteiger partial charge in [0.15, 0.2) is 10.9 Å². The van der Waals surface area contributed by atoms with Gasteiger partial charge < -0.3 is 10.4 Å². The fraction of sp³-hybridized carbons (Fsp3) is 0.280. The Morgan fingerprint density at radius 1 is 1.09 bits per heavy atom. The number of aryl methyl sites for hydroxylation is 1. The van der Waals surface area contributed by atoms with E-state index in [2.05, 4.69) is 15.6 Å². The number of hydrogen-bond acceptors (Lipinski definition) is 6. The molecule has 1 saturated carbocycles. The number of amides is 2. The third-order valence-electron chi connectivity index (χ3n) is 5.62. The number of nitrogens with zero attached hydrogens (tertiary/aromatic N) is 1. The molecular formula is C25H25N3O4S2. The normalized spacial score (nSPS) is 13.6. The highest BCUT2D eigenvalue weighted by Gasteiger charge is 2.26. The van der Waals surface area contributed by atoms with E-state index in [0.717, 1.165) is 45.9 Å². The summed E-state index contributed by atoms with van der Waals surface area (Å²) in [7, 11) is 0. The SMILES string of the molecule is Cc1ccc(NC(=O)Nc2ncc(Sc3ccc(CC(=O)O)cc3)s2)c(C(=O)C2CCCC2)c1. The maximum atomic E-state index is 13.0. The number of carbonyl (C=O) groups is 3. The first kappa shape index (κ1) is 24.0. The molecule has 3 aromatic rings. The maximum absolute atomic E-state index is 13.0. The number of nitrogens with one attached hydrogen (secondary N) is 2. The largest absolute Gasteiger partial charge is 0.481 e. The lowest BCUT2D eigenvalue weighted by Gasteiger charge is -2.14. The van der Waals surface area contributed by atoms with Crippen LogP contribution in [0.1, 0.15) is 47.2 Å². The molecule has 1 heterocycles. The maximum Gasteiger partial charge on any atom is 0.325 e. The van der Waals surface area contributed by atoms with Crippen LogP contribution >= 0.6 is 23.1 Å². The summed E-state index contributed by atoms with van der Waals surface area (Å²) in [5.74, 6) is -0.738. The molecule has 0 bridgehead atoms. The Bertz CT molecular complexity index is 1200. The summed E-state index contributed by atoms with van der Waals surface area (Å²) in [6.07, 6.45) is 5.62. The summed E-state index contributed by atoms with van der Waals surface area (Å²) in [4.78, 5) is 41.7. The van der Waals surface area contributed by atoms with Crippen molar-refractivity contribution in [3.8, 4) is 0 Å². The molecule has 4 rings (SSSR count). The number of aliphatic carboxylic acids is 1. The lowest BCUT2D eigenvalue weighted by Crippen LogP contribution is -2.22. The fourth-order valence-electron chi connectivity index (χ4n) is 3.96. The molecule has 1 aromatic heterocycles. The molecule has 7 nitrogen and oxygen atoms in total. The zero-order chi connectivity index (χ0) is 24.1. The zero-order valence-electron chi connectivity index (χ0n) is 18.7. The van der Waals surface area contributed by atoms with Crippen LogP contribution in [-0.2, 0) is 11.2 Å². The zero-order valence-corrected chi connectivity index (χ0v) is 20.3. The summed E-state index contributed by atoms with van der Waals surface area (Å²) in [5, 5.41) is 14.9. The van der Waals surface area contributed by atoms with E-state index in [0.29, 0.717) is 16.4 Å². The van der Waals surface area contributed by atoms with Crippen LogP contribution in [0.3, 0.4) is 0 Å². The van der Waals surface area contributed by atoms with Crippen LogP contribution in [0, 0.1) is 12.8 Å². The van der Waals surface area contributed by atoms with Crippen LogP contribution < -0.4 is 10.6 Å². The second-order valence-electron chi connectivity index (χ2n) is 8.27. The third-order valence-corrected chi connectivity index (χ3v) is 7.64. The number of carboxylic acids is 1. The molecule has 1 fully saturated rings. The lowest BCUT2D eigenvalue weighted by atomic mass is 9.94. The highest BCUT2D eigenvalue weighted by atomic mass is 32.2. The van der Waals surface area contributed by atoms with Gasteiger partial charge in [0.05, 0.1) is 22.5 Å². The molecule has 0 unspecified atom stereocenters. The highest BCUT2D eigenvalue weighted by Crippen LogP contribution is 2.34. The highest BCUT2D eigenvalue weighted by molar-refractivity contribution is 8.01. The van der Waals surface area contributed by atoms with E-state index in [1.807, 2.05) is 31.2 Å². The second kappa shape index (κ2) is 10.8. The van der Waals surface area contributed by atoms with Gasteiger partial charge in [-0.25, -0.2) is 9.78 Å². The van der Waals surface area contributed by atoms with E-state index in [4.69, 9.17) is 5.11 Å². The average molecular weight is 496 g/mol. The van der Waals surface area contributed by atoms with E-state index in [1.54, 1.807) is 24.4 Å². The smallest absolute Gasteiger partial charge is 0.325 e. The standard InChI is InChI=1S/C25H25N3O4S2/c1-15-6-11-20(19(12-15)23(31)17-4-2-3-5-17)27-24(32)28-25-26-14-22(34-25)33-18-9-7-16(8-10-18)13-21(29)30/h6-12,14,17H,2-5,13H2,1H3,(H,29,30)(H2,26,27,28,32). The predicted octanol–water partition coefficient (Wildman–Crippen LogP) is 6.25. The Morgan fingerprint density at radius 2 is 1.82 bits per heavy atom. The number of urea groups is 1. The molecular weight excluding hydrogens is 470 g/mol. The number of benzene rings is 2. The summed E-state index contributed by atoms with van der Waals surface area (Å²) >= 11 is 2.82. The monoisotopic (exact) mass is 495 g/mol. The van der Waals surface area contributed by atoms with Crippen molar-refractivity contribution in [3.05, 3.63) is 65.4 Å². The first-order valence-electron chi connectivity index (χ1n) is 11.0. The van der Waals surface area contributed by atoms with E-state index >= 15 is 0 Å². The predicted molar refractivity (Wildman–Crippen MR) is 134 cm³/mol. The van der Waals surface area contributed by atoms with Crippen molar-refractivity contribution >= 4 is 51.7 Å². The van der Waals surface area contributed by atoms with Gasteiger partial charge >= 0.3 is 12.0 Å². The number of rotatable bonds is 8. The molecule has 0 atom stereocenters. The van der Waals surface area contributed by atoms with Gasteiger partial charge in [0.1, 0.15) is 0 Å². The fourth-order valence-corrected chi connectivity index (χ4v) is 5.81. The van der Waals surface area contributed by atoms with Gasteiger partial charge in [-0.2, -0.15) is 0 Å². The van der Waals surface area contributed by atoms with Crippen LogP contribution in [0.4, 0.5) is 15.6 Å². The number of hydrogen-bond donors (Lipinski definition) is 3. The number of Topliss-reactive ketones (excluding diaryl/α,β-unsaturated/α-hetero) is 1. The molecule has 3 N–H and O–H groups in total. The molecule has 34 heavy (non-hydrogen) atoms. The van der Waals surface area contributed by atoms with E-state index in [1.165, 1.54) is 23.1 Å². The molecule has 0 spiro atoms. The molecule has 0 aliphatic heterocycles. The van der Waals surface area contributed by atoms with Gasteiger partial charge in [-0.05, 0) is 49.6 Å². The third kappa shape index (κ3) is 6.24. The van der Waals surface area contributed by atoms with Crippen molar-refractivity contribution < 1.29 is 19.5 Å². The molecule has 0 radical (unpaired) electrons. The Balaban J connectivity index is 1.38. The molecule has 1 aliphatic carbocycles. The Hall–Kier alpha value is -3.17. The van der Waals surface area contributed by atoms with Crippen LogP contribution in [0.2, 0.25) is 0 Å². The van der Waals surface area contributed by atoms with Crippen molar-refractivity contribution in [1.82, 2.24) is 4.98 Å². The number of aromatic nitrogens is 1. The number of carboxylic acid groups (broad SMARTS) is 1. The Kier molecular flexibility index (Phi) is 7.64. The quantitative estimate of drug-likeness (QED) is 0.319. The molecule has 2 aromatic carbocycles. The van der Waals surface area contributed by atoms with Crippen molar-refractivity contribution in [2.45, 2.75) is 48.1 Å². The number of ketones is 1. The summed E-state index contributed by atoms with van der Waals surface area (Å²) in [6, 6.07) is 12.3. The van der Waals surface area contributed by atoms with Crippen molar-refractivity contribution in [1.29, 1.82) is 0 Å². The minimum absolute atomic E-state index is 0.0103. The summed E-state index contributed by atoms with van der Waals surface area (Å²) < 4.78 is 0.883. The van der Waals surface area contributed by atoms with Crippen LogP contribution in [0.25, 0.3) is 0 Å². The molecule has 1 aliphatic rings. The van der Waals surface area contributed by atoms with Gasteiger partial charge in [-0.3, -0.25) is 14.9 Å². The number of anilines is 2. The van der Waals surface area contributed by atoms with Crippen molar-refractivity contribution in [3.63, 3.8) is 0 Å². The Labute approximate surface area is 206 Å². The van der Waals surface area contributed by atoms with Crippen molar-refractivity contribution in [2.75, 3.05) is 10.6 Å². The van der Waals surface area contributed by atoms with Crippen LogP contribution in [0.15, 0.2) is 57.8 Å². The van der Waals surface area contributed by atoms with Gasteiger partial charge in [0.2, 0.25) is 0 Å². The van der Waals surface area contributed by atoms with E-state index < -0.39 is 12.0 Å². The average Bonchev–Trinajstić information content (AvgIpc) is 3.48.